The van der Waals surface area contributed by atoms with Crippen LogP contribution in [0.5, 0.6) is 11.5 Å². The molecule has 2 heterocycles. The molecule has 1 atom stereocenters. The van der Waals surface area contributed by atoms with Crippen LogP contribution in [0.25, 0.3) is 0 Å². The quantitative estimate of drug-likeness (QED) is 0.887. The lowest BCUT2D eigenvalue weighted by molar-refractivity contribution is 0.402. The first-order valence-corrected chi connectivity index (χ1v) is 5.94. The van der Waals surface area contributed by atoms with Crippen LogP contribution in [0.2, 0.25) is 0 Å². The van der Waals surface area contributed by atoms with E-state index in [1.54, 1.807) is 32.8 Å². The van der Waals surface area contributed by atoms with E-state index in [1.807, 2.05) is 25.4 Å². The second-order valence-electron chi connectivity index (χ2n) is 4.00. The van der Waals surface area contributed by atoms with E-state index >= 15 is 0 Å². The van der Waals surface area contributed by atoms with E-state index in [1.165, 1.54) is 0 Å². The van der Waals surface area contributed by atoms with Crippen molar-refractivity contribution in [2.24, 2.45) is 0 Å². The van der Waals surface area contributed by atoms with Crippen LogP contribution in [0.3, 0.4) is 0 Å². The van der Waals surface area contributed by atoms with Crippen LogP contribution in [-0.4, -0.2) is 31.2 Å². The number of nitrogens with one attached hydrogen (secondary N) is 1. The predicted octanol–water partition coefficient (Wildman–Crippen LogP) is 1.80. The van der Waals surface area contributed by atoms with Gasteiger partial charge in [-0.15, -0.1) is 0 Å². The molecule has 100 valence electrons. The van der Waals surface area contributed by atoms with Crippen molar-refractivity contribution in [3.8, 4) is 11.5 Å². The molecule has 19 heavy (non-hydrogen) atoms. The summed E-state index contributed by atoms with van der Waals surface area (Å²) in [6.07, 6.45) is 6.94. The molecule has 5 nitrogen and oxygen atoms in total. The molecular weight excluding hydrogens is 242 g/mol. The molecule has 2 rings (SSSR count). The number of ether oxygens (including phenoxy) is 2. The third-order valence-corrected chi connectivity index (χ3v) is 2.94. The van der Waals surface area contributed by atoms with Gasteiger partial charge < -0.3 is 14.8 Å². The van der Waals surface area contributed by atoms with Gasteiger partial charge in [0.05, 0.1) is 32.7 Å². The monoisotopic (exact) mass is 259 g/mol. The first-order chi connectivity index (χ1) is 9.30. The molecule has 1 unspecified atom stereocenters. The lowest BCUT2D eigenvalue weighted by atomic mass is 10.0. The predicted molar refractivity (Wildman–Crippen MR) is 72.5 cm³/mol. The number of nitrogens with zero attached hydrogens (tertiary/aromatic N) is 2. The first kappa shape index (κ1) is 13.3. The molecule has 0 saturated heterocycles. The standard InChI is InChI=1S/C14H17N3O2/c1-15-14(10-6-11(18-2)8-17-7-10)12-4-5-16-9-13(12)19-3/h4-9,14-15H,1-3H3. The van der Waals surface area contributed by atoms with Crippen molar-refractivity contribution in [2.75, 3.05) is 21.3 Å². The van der Waals surface area contributed by atoms with Gasteiger partial charge in [0.25, 0.3) is 0 Å². The van der Waals surface area contributed by atoms with E-state index in [4.69, 9.17) is 9.47 Å². The second kappa shape index (κ2) is 6.15. The second-order valence-corrected chi connectivity index (χ2v) is 4.00. The van der Waals surface area contributed by atoms with Crippen LogP contribution in [-0.2, 0) is 0 Å². The Hall–Kier alpha value is -2.14. The fourth-order valence-corrected chi connectivity index (χ4v) is 2.01. The van der Waals surface area contributed by atoms with Crippen LogP contribution in [0.15, 0.2) is 36.9 Å². The molecule has 0 aliphatic rings. The summed E-state index contributed by atoms with van der Waals surface area (Å²) in [4.78, 5) is 8.25. The summed E-state index contributed by atoms with van der Waals surface area (Å²) in [7, 11) is 5.16. The van der Waals surface area contributed by atoms with E-state index in [-0.39, 0.29) is 6.04 Å². The number of pyridine rings is 2. The minimum Gasteiger partial charge on any atom is -0.495 e. The molecule has 0 spiro atoms. The summed E-state index contributed by atoms with van der Waals surface area (Å²) in [6, 6.07) is 3.86. The van der Waals surface area contributed by atoms with Gasteiger partial charge in [-0.2, -0.15) is 0 Å². The number of hydrogen-bond acceptors (Lipinski definition) is 5. The maximum Gasteiger partial charge on any atom is 0.142 e. The Morgan fingerprint density at radius 3 is 2.63 bits per heavy atom. The molecule has 2 aromatic heterocycles. The average molecular weight is 259 g/mol. The summed E-state index contributed by atoms with van der Waals surface area (Å²) < 4.78 is 10.6. The highest BCUT2D eigenvalue weighted by Crippen LogP contribution is 2.29. The minimum absolute atomic E-state index is 0.0273. The largest absolute Gasteiger partial charge is 0.495 e. The van der Waals surface area contributed by atoms with E-state index < -0.39 is 0 Å². The highest BCUT2D eigenvalue weighted by molar-refractivity contribution is 5.40. The van der Waals surface area contributed by atoms with E-state index in [9.17, 15) is 0 Å². The normalized spacial score (nSPS) is 11.9. The van der Waals surface area contributed by atoms with Crippen molar-refractivity contribution in [3.63, 3.8) is 0 Å². The smallest absolute Gasteiger partial charge is 0.142 e. The third-order valence-electron chi connectivity index (χ3n) is 2.94. The van der Waals surface area contributed by atoms with Crippen LogP contribution in [0, 0.1) is 0 Å². The molecule has 0 amide bonds. The van der Waals surface area contributed by atoms with Gasteiger partial charge in [-0.05, 0) is 24.7 Å². The summed E-state index contributed by atoms with van der Waals surface area (Å²) in [5.74, 6) is 1.47. The summed E-state index contributed by atoms with van der Waals surface area (Å²) in [5, 5.41) is 3.26. The number of rotatable bonds is 5. The van der Waals surface area contributed by atoms with Gasteiger partial charge in [-0.25, -0.2) is 0 Å². The van der Waals surface area contributed by atoms with Crippen molar-refractivity contribution in [3.05, 3.63) is 48.0 Å². The molecule has 0 bridgehead atoms. The Labute approximate surface area is 112 Å². The third kappa shape index (κ3) is 2.82. The first-order valence-electron chi connectivity index (χ1n) is 5.94. The Morgan fingerprint density at radius 1 is 1.11 bits per heavy atom. The zero-order chi connectivity index (χ0) is 13.7. The van der Waals surface area contributed by atoms with Crippen LogP contribution in [0.4, 0.5) is 0 Å². The van der Waals surface area contributed by atoms with Crippen molar-refractivity contribution in [2.45, 2.75) is 6.04 Å². The van der Waals surface area contributed by atoms with Gasteiger partial charge in [0.2, 0.25) is 0 Å². The molecule has 0 saturated carbocycles. The molecule has 0 radical (unpaired) electrons. The van der Waals surface area contributed by atoms with Crippen LogP contribution < -0.4 is 14.8 Å². The van der Waals surface area contributed by atoms with Crippen molar-refractivity contribution < 1.29 is 9.47 Å². The van der Waals surface area contributed by atoms with Gasteiger partial charge in [0.15, 0.2) is 0 Å². The number of hydrogen-bond donors (Lipinski definition) is 1. The molecule has 0 fully saturated rings. The Morgan fingerprint density at radius 2 is 1.95 bits per heavy atom. The molecule has 2 aromatic rings. The minimum atomic E-state index is -0.0273. The highest BCUT2D eigenvalue weighted by Gasteiger charge is 2.17. The molecule has 0 aliphatic heterocycles. The van der Waals surface area contributed by atoms with Crippen LogP contribution in [0.1, 0.15) is 17.2 Å². The lowest BCUT2D eigenvalue weighted by Gasteiger charge is -2.19. The summed E-state index contributed by atoms with van der Waals surface area (Å²) >= 11 is 0. The van der Waals surface area contributed by atoms with Gasteiger partial charge in [0, 0.05) is 18.0 Å². The number of aromatic nitrogens is 2. The average Bonchev–Trinajstić information content (AvgIpc) is 2.49. The van der Waals surface area contributed by atoms with Crippen molar-refractivity contribution >= 4 is 0 Å². The fraction of sp³-hybridized carbons (Fsp3) is 0.286. The maximum atomic E-state index is 5.35. The Balaban J connectivity index is 2.43. The summed E-state index contributed by atoms with van der Waals surface area (Å²) in [5.41, 5.74) is 2.02. The Bertz CT molecular complexity index is 546. The lowest BCUT2D eigenvalue weighted by Crippen LogP contribution is -2.18. The van der Waals surface area contributed by atoms with Gasteiger partial charge in [-0.1, -0.05) is 0 Å². The van der Waals surface area contributed by atoms with Gasteiger partial charge in [0.1, 0.15) is 11.5 Å². The Kier molecular flexibility index (Phi) is 4.30. The van der Waals surface area contributed by atoms with Crippen molar-refractivity contribution in [1.29, 1.82) is 0 Å². The van der Waals surface area contributed by atoms with E-state index in [0.717, 1.165) is 22.6 Å². The van der Waals surface area contributed by atoms with Gasteiger partial charge >= 0.3 is 0 Å². The highest BCUT2D eigenvalue weighted by atomic mass is 16.5. The van der Waals surface area contributed by atoms with Gasteiger partial charge in [-0.3, -0.25) is 9.97 Å². The summed E-state index contributed by atoms with van der Waals surface area (Å²) in [6.45, 7) is 0. The SMILES string of the molecule is CNC(c1cncc(OC)c1)c1ccncc1OC. The zero-order valence-electron chi connectivity index (χ0n) is 11.3. The number of methoxy groups -OCH3 is 2. The topological polar surface area (TPSA) is 56.3 Å². The van der Waals surface area contributed by atoms with Crippen molar-refractivity contribution in [1.82, 2.24) is 15.3 Å². The van der Waals surface area contributed by atoms with E-state index in [2.05, 4.69) is 15.3 Å². The fourth-order valence-electron chi connectivity index (χ4n) is 2.01. The molecule has 1 N–H and O–H groups in total. The molecule has 5 heteroatoms. The molecular formula is C14H17N3O2. The molecule has 0 aliphatic carbocycles. The van der Waals surface area contributed by atoms with E-state index in [0.29, 0.717) is 0 Å². The molecule has 0 aromatic carbocycles. The maximum absolute atomic E-state index is 5.35. The zero-order valence-corrected chi connectivity index (χ0v) is 11.3. The van der Waals surface area contributed by atoms with Crippen LogP contribution >= 0.6 is 0 Å².